The van der Waals surface area contributed by atoms with Crippen LogP contribution in [0.1, 0.15) is 26.3 Å². The Balaban J connectivity index is 2.60. The lowest BCUT2D eigenvalue weighted by Crippen LogP contribution is -2.30. The first kappa shape index (κ1) is 10.4. The molecule has 3 heteroatoms. The quantitative estimate of drug-likeness (QED) is 0.751. The zero-order chi connectivity index (χ0) is 11.2. The van der Waals surface area contributed by atoms with Crippen LogP contribution in [0.2, 0.25) is 0 Å². The van der Waals surface area contributed by atoms with E-state index in [1.807, 2.05) is 6.92 Å². The van der Waals surface area contributed by atoms with Crippen molar-refractivity contribution in [2.75, 3.05) is 11.9 Å². The minimum Gasteiger partial charge on any atom is -0.382 e. The van der Waals surface area contributed by atoms with Crippen molar-refractivity contribution in [2.24, 2.45) is 5.92 Å². The van der Waals surface area contributed by atoms with Crippen molar-refractivity contribution < 1.29 is 8.78 Å². The molecule has 1 aliphatic heterocycles. The Bertz CT molecular complexity index is 401. The summed E-state index contributed by atoms with van der Waals surface area (Å²) in [6.07, 6.45) is 0. The van der Waals surface area contributed by atoms with E-state index in [0.29, 0.717) is 18.2 Å². The molecule has 0 saturated carbocycles. The van der Waals surface area contributed by atoms with Crippen molar-refractivity contribution in [2.45, 2.75) is 26.2 Å². The first-order chi connectivity index (χ1) is 6.95. The van der Waals surface area contributed by atoms with Crippen LogP contribution >= 0.6 is 0 Å². The van der Waals surface area contributed by atoms with Crippen molar-refractivity contribution in [3.8, 4) is 0 Å². The van der Waals surface area contributed by atoms with Gasteiger partial charge in [0.2, 0.25) is 0 Å². The fraction of sp³-hybridized carbons (Fsp3) is 0.500. The number of fused-ring (bicyclic) bond motifs is 1. The molecule has 0 saturated heterocycles. The van der Waals surface area contributed by atoms with Crippen molar-refractivity contribution >= 4 is 5.69 Å². The predicted molar refractivity (Wildman–Crippen MR) is 57.0 cm³/mol. The maximum absolute atomic E-state index is 13.5. The molecule has 1 aliphatic rings. The number of nitrogens with one attached hydrogen (secondary N) is 1. The van der Waals surface area contributed by atoms with Crippen LogP contribution < -0.4 is 5.32 Å². The molecule has 1 N–H and O–H groups in total. The summed E-state index contributed by atoms with van der Waals surface area (Å²) in [6, 6.07) is 2.37. The van der Waals surface area contributed by atoms with Gasteiger partial charge >= 0.3 is 0 Å². The summed E-state index contributed by atoms with van der Waals surface area (Å²) in [6.45, 7) is 6.84. The molecule has 15 heavy (non-hydrogen) atoms. The van der Waals surface area contributed by atoms with Gasteiger partial charge in [0.15, 0.2) is 0 Å². The van der Waals surface area contributed by atoms with Gasteiger partial charge in [-0.15, -0.1) is 0 Å². The number of halogens is 2. The second-order valence-corrected chi connectivity index (χ2v) is 4.74. The summed E-state index contributed by atoms with van der Waals surface area (Å²) in [5, 5.41) is 3.03. The molecule has 0 amide bonds. The molecule has 0 radical (unpaired) electrons. The average molecular weight is 211 g/mol. The molecule has 82 valence electrons. The van der Waals surface area contributed by atoms with Gasteiger partial charge in [-0.1, -0.05) is 20.8 Å². The third kappa shape index (κ3) is 1.41. The minimum atomic E-state index is -0.498. The van der Waals surface area contributed by atoms with Crippen LogP contribution in [-0.2, 0) is 5.41 Å². The average Bonchev–Trinajstić information content (AvgIpc) is 2.46. The summed E-state index contributed by atoms with van der Waals surface area (Å²) in [5.74, 6) is -0.649. The molecule has 1 aromatic rings. The summed E-state index contributed by atoms with van der Waals surface area (Å²) in [7, 11) is 0. The number of anilines is 1. The fourth-order valence-corrected chi connectivity index (χ4v) is 2.09. The molecule has 0 spiro atoms. The third-order valence-electron chi connectivity index (χ3n) is 3.58. The Hall–Kier alpha value is -1.12. The van der Waals surface area contributed by atoms with E-state index >= 15 is 0 Å². The Morgan fingerprint density at radius 3 is 2.60 bits per heavy atom. The van der Waals surface area contributed by atoms with E-state index in [0.717, 1.165) is 11.6 Å². The maximum Gasteiger partial charge on any atom is 0.149 e. The molecule has 1 atom stereocenters. The second-order valence-electron chi connectivity index (χ2n) is 4.74. The van der Waals surface area contributed by atoms with Gasteiger partial charge in [-0.05, 0) is 17.5 Å². The number of hydrogen-bond acceptors (Lipinski definition) is 1. The van der Waals surface area contributed by atoms with Gasteiger partial charge in [-0.2, -0.15) is 0 Å². The van der Waals surface area contributed by atoms with E-state index in [1.54, 1.807) is 0 Å². The predicted octanol–water partition coefficient (Wildman–Crippen LogP) is 3.30. The molecule has 1 nitrogen and oxygen atoms in total. The van der Waals surface area contributed by atoms with Gasteiger partial charge < -0.3 is 5.32 Å². The molecule has 0 aliphatic carbocycles. The highest BCUT2D eigenvalue weighted by Crippen LogP contribution is 2.43. The largest absolute Gasteiger partial charge is 0.382 e. The van der Waals surface area contributed by atoms with E-state index in [2.05, 4.69) is 19.2 Å². The normalized spacial score (nSPS) is 24.1. The molecule has 1 aromatic carbocycles. The van der Waals surface area contributed by atoms with E-state index < -0.39 is 11.6 Å². The zero-order valence-electron chi connectivity index (χ0n) is 9.20. The van der Waals surface area contributed by atoms with Crippen molar-refractivity contribution in [3.63, 3.8) is 0 Å². The highest BCUT2D eigenvalue weighted by Gasteiger charge is 2.38. The Morgan fingerprint density at radius 1 is 1.33 bits per heavy atom. The van der Waals surface area contributed by atoms with Crippen molar-refractivity contribution in [1.29, 1.82) is 0 Å². The Morgan fingerprint density at radius 2 is 2.00 bits per heavy atom. The van der Waals surface area contributed by atoms with E-state index in [-0.39, 0.29) is 5.41 Å². The van der Waals surface area contributed by atoms with Gasteiger partial charge in [-0.25, -0.2) is 8.78 Å². The van der Waals surface area contributed by atoms with Crippen molar-refractivity contribution in [1.82, 2.24) is 0 Å². The number of benzene rings is 1. The lowest BCUT2D eigenvalue weighted by Gasteiger charge is -2.28. The summed E-state index contributed by atoms with van der Waals surface area (Å²) in [5.41, 5.74) is 1.04. The van der Waals surface area contributed by atoms with Crippen molar-refractivity contribution in [3.05, 3.63) is 29.3 Å². The molecular formula is C12H15F2N. The molecule has 0 bridgehead atoms. The molecule has 0 fully saturated rings. The van der Waals surface area contributed by atoms with Crippen LogP contribution in [0.4, 0.5) is 14.5 Å². The smallest absolute Gasteiger partial charge is 0.149 e. The molecule has 1 heterocycles. The summed E-state index contributed by atoms with van der Waals surface area (Å²) >= 11 is 0. The summed E-state index contributed by atoms with van der Waals surface area (Å²) in [4.78, 5) is 0. The van der Waals surface area contributed by atoms with E-state index in [1.165, 1.54) is 6.07 Å². The van der Waals surface area contributed by atoms with Gasteiger partial charge in [-0.3, -0.25) is 0 Å². The molecule has 2 rings (SSSR count). The first-order valence-corrected chi connectivity index (χ1v) is 5.18. The van der Waals surface area contributed by atoms with E-state index in [4.69, 9.17) is 0 Å². The lowest BCUT2D eigenvalue weighted by atomic mass is 9.75. The molecule has 0 aromatic heterocycles. The minimum absolute atomic E-state index is 0.182. The fourth-order valence-electron chi connectivity index (χ4n) is 2.09. The highest BCUT2D eigenvalue weighted by atomic mass is 19.1. The topological polar surface area (TPSA) is 12.0 Å². The molecule has 1 unspecified atom stereocenters. The first-order valence-electron chi connectivity index (χ1n) is 5.18. The van der Waals surface area contributed by atoms with Crippen LogP contribution in [0.15, 0.2) is 12.1 Å². The second kappa shape index (κ2) is 3.19. The highest BCUT2D eigenvalue weighted by molar-refractivity contribution is 5.61. The number of rotatable bonds is 1. The van der Waals surface area contributed by atoms with Gasteiger partial charge in [0.1, 0.15) is 11.6 Å². The third-order valence-corrected chi connectivity index (χ3v) is 3.58. The Labute approximate surface area is 88.5 Å². The van der Waals surface area contributed by atoms with Crippen LogP contribution in [0.25, 0.3) is 0 Å². The lowest BCUT2D eigenvalue weighted by molar-refractivity contribution is 0.370. The monoisotopic (exact) mass is 211 g/mol. The summed E-state index contributed by atoms with van der Waals surface area (Å²) < 4.78 is 26.6. The van der Waals surface area contributed by atoms with Crippen LogP contribution in [0.5, 0.6) is 0 Å². The van der Waals surface area contributed by atoms with Gasteiger partial charge in [0.05, 0.1) is 5.69 Å². The molecular weight excluding hydrogens is 196 g/mol. The van der Waals surface area contributed by atoms with Crippen LogP contribution in [-0.4, -0.2) is 6.54 Å². The Kier molecular flexibility index (Phi) is 2.21. The number of hydrogen-bond donors (Lipinski definition) is 1. The SMILES string of the molecule is CC(C)C1(C)CNc2c(F)cc(F)cc21. The van der Waals surface area contributed by atoms with Crippen LogP contribution in [0, 0.1) is 17.6 Å². The standard InChI is InChI=1S/C12H15F2N/c1-7(2)12(3)6-15-11-9(12)4-8(13)5-10(11)14/h4-5,7,15H,6H2,1-3H3. The van der Waals surface area contributed by atoms with E-state index in [9.17, 15) is 8.78 Å². The van der Waals surface area contributed by atoms with Gasteiger partial charge in [0.25, 0.3) is 0 Å². The zero-order valence-corrected chi connectivity index (χ0v) is 9.20. The maximum atomic E-state index is 13.5. The van der Waals surface area contributed by atoms with Gasteiger partial charge in [0, 0.05) is 18.0 Å². The van der Waals surface area contributed by atoms with Crippen LogP contribution in [0.3, 0.4) is 0 Å².